The van der Waals surface area contributed by atoms with Crippen LogP contribution in [0.3, 0.4) is 0 Å². The largest absolute Gasteiger partial charge is 0.497 e. The summed E-state index contributed by atoms with van der Waals surface area (Å²) in [6.07, 6.45) is 1.44. The van der Waals surface area contributed by atoms with Crippen LogP contribution in [0.15, 0.2) is 41.5 Å². The lowest BCUT2D eigenvalue weighted by molar-refractivity contribution is -0.119. The van der Waals surface area contributed by atoms with Gasteiger partial charge >= 0.3 is 6.61 Å². The quantitative estimate of drug-likeness (QED) is 0.546. The van der Waals surface area contributed by atoms with E-state index in [1.807, 2.05) is 12.1 Å². The Morgan fingerprint density at radius 1 is 1.22 bits per heavy atom. The molecule has 0 aliphatic heterocycles. The first-order chi connectivity index (χ1) is 12.9. The number of alkyl halides is 2. The molecular formula is C19H21F2N3O3. The van der Waals surface area contributed by atoms with E-state index in [-0.39, 0.29) is 18.2 Å². The summed E-state index contributed by atoms with van der Waals surface area (Å²) in [6.45, 7) is 0.486. The number of nitrogens with zero attached hydrogens (tertiary/aromatic N) is 1. The number of hydrogen-bond donors (Lipinski definition) is 2. The number of hydrazone groups is 1. The smallest absolute Gasteiger partial charge is 0.387 e. The summed E-state index contributed by atoms with van der Waals surface area (Å²) in [4.78, 5) is 11.8. The van der Waals surface area contributed by atoms with Gasteiger partial charge in [-0.2, -0.15) is 13.9 Å². The molecule has 6 nitrogen and oxygen atoms in total. The molecule has 0 unspecified atom stereocenters. The van der Waals surface area contributed by atoms with Gasteiger partial charge in [-0.25, -0.2) is 5.43 Å². The molecule has 8 heteroatoms. The number of carbonyl (C=O) groups is 1. The van der Waals surface area contributed by atoms with Crippen molar-refractivity contribution in [2.75, 3.05) is 19.0 Å². The number of hydrogen-bond acceptors (Lipinski definition) is 5. The predicted octanol–water partition coefficient (Wildman–Crippen LogP) is 3.48. The number of halogens is 2. The second kappa shape index (κ2) is 9.51. The molecule has 0 saturated heterocycles. The zero-order valence-corrected chi connectivity index (χ0v) is 15.3. The summed E-state index contributed by atoms with van der Waals surface area (Å²) in [5.41, 5.74) is 4.92. The number of nitrogens with one attached hydrogen (secondary N) is 2. The molecule has 144 valence electrons. The van der Waals surface area contributed by atoms with Crippen LogP contribution in [0.25, 0.3) is 0 Å². The Kier molecular flexibility index (Phi) is 7.10. The molecule has 0 aliphatic carbocycles. The van der Waals surface area contributed by atoms with Gasteiger partial charge in [-0.1, -0.05) is 6.07 Å². The van der Waals surface area contributed by atoms with E-state index in [9.17, 15) is 13.6 Å². The number of amides is 1. The van der Waals surface area contributed by atoms with Crippen LogP contribution in [0.5, 0.6) is 11.5 Å². The van der Waals surface area contributed by atoms with E-state index in [1.165, 1.54) is 6.21 Å². The van der Waals surface area contributed by atoms with Crippen LogP contribution in [0, 0.1) is 13.8 Å². The van der Waals surface area contributed by atoms with Gasteiger partial charge in [0.15, 0.2) is 0 Å². The molecule has 0 saturated carbocycles. The Labute approximate surface area is 156 Å². The maximum Gasteiger partial charge on any atom is 0.387 e. The van der Waals surface area contributed by atoms with Gasteiger partial charge < -0.3 is 14.8 Å². The highest BCUT2D eigenvalue weighted by atomic mass is 19.3. The Morgan fingerprint density at radius 2 is 1.93 bits per heavy atom. The van der Waals surface area contributed by atoms with Crippen LogP contribution in [-0.4, -0.2) is 32.4 Å². The number of aryl methyl sites for hydroxylation is 2. The minimum absolute atomic E-state index is 0.0315. The highest BCUT2D eigenvalue weighted by molar-refractivity contribution is 5.84. The summed E-state index contributed by atoms with van der Waals surface area (Å²) in [5, 5.41) is 6.84. The number of methoxy groups -OCH3 is 1. The van der Waals surface area contributed by atoms with Gasteiger partial charge in [0.1, 0.15) is 11.5 Å². The lowest BCUT2D eigenvalue weighted by Gasteiger charge is -2.11. The molecule has 0 spiro atoms. The normalized spacial score (nSPS) is 10.9. The molecule has 0 aromatic heterocycles. The minimum atomic E-state index is -2.88. The summed E-state index contributed by atoms with van der Waals surface area (Å²) < 4.78 is 34.4. The second-order valence-electron chi connectivity index (χ2n) is 5.74. The van der Waals surface area contributed by atoms with Gasteiger partial charge in [0, 0.05) is 11.8 Å². The highest BCUT2D eigenvalue weighted by Crippen LogP contribution is 2.25. The molecule has 2 aromatic rings. The van der Waals surface area contributed by atoms with E-state index < -0.39 is 6.61 Å². The molecule has 1 amide bonds. The van der Waals surface area contributed by atoms with Gasteiger partial charge in [-0.3, -0.25) is 4.79 Å². The predicted molar refractivity (Wildman–Crippen MR) is 99.8 cm³/mol. The van der Waals surface area contributed by atoms with Crippen molar-refractivity contribution in [1.82, 2.24) is 5.43 Å². The third kappa shape index (κ3) is 6.25. The van der Waals surface area contributed by atoms with Gasteiger partial charge in [-0.15, -0.1) is 0 Å². The average molecular weight is 377 g/mol. The fourth-order valence-corrected chi connectivity index (χ4v) is 2.47. The first-order valence-electron chi connectivity index (χ1n) is 8.15. The number of anilines is 1. The Balaban J connectivity index is 1.89. The first kappa shape index (κ1) is 20.2. The third-order valence-electron chi connectivity index (χ3n) is 3.62. The SMILES string of the molecule is COc1cccc(NCC(=O)N/N=C\c2cc(C)c(OC(F)F)c(C)c2)c1. The molecular weight excluding hydrogens is 356 g/mol. The van der Waals surface area contributed by atoms with Crippen molar-refractivity contribution in [1.29, 1.82) is 0 Å². The summed E-state index contributed by atoms with van der Waals surface area (Å²) >= 11 is 0. The van der Waals surface area contributed by atoms with Gasteiger partial charge in [-0.05, 0) is 54.8 Å². The molecule has 0 bridgehead atoms. The Bertz CT molecular complexity index is 803. The van der Waals surface area contributed by atoms with Crippen LogP contribution >= 0.6 is 0 Å². The van der Waals surface area contributed by atoms with Crippen molar-refractivity contribution in [2.45, 2.75) is 20.5 Å². The van der Waals surface area contributed by atoms with E-state index in [1.54, 1.807) is 45.2 Å². The van der Waals surface area contributed by atoms with Crippen LogP contribution in [0.4, 0.5) is 14.5 Å². The number of carbonyl (C=O) groups excluding carboxylic acids is 1. The van der Waals surface area contributed by atoms with E-state index in [0.29, 0.717) is 22.4 Å². The topological polar surface area (TPSA) is 72.0 Å². The van der Waals surface area contributed by atoms with Crippen LogP contribution < -0.4 is 20.2 Å². The van der Waals surface area contributed by atoms with Gasteiger partial charge in [0.25, 0.3) is 5.91 Å². The molecule has 2 rings (SSSR count). The molecule has 2 N–H and O–H groups in total. The molecule has 2 aromatic carbocycles. The van der Waals surface area contributed by atoms with Crippen LogP contribution in [0.1, 0.15) is 16.7 Å². The summed E-state index contributed by atoms with van der Waals surface area (Å²) in [5.74, 6) is 0.497. The fraction of sp³-hybridized carbons (Fsp3) is 0.263. The zero-order valence-electron chi connectivity index (χ0n) is 15.3. The van der Waals surface area contributed by atoms with Crippen molar-refractivity contribution < 1.29 is 23.0 Å². The van der Waals surface area contributed by atoms with E-state index >= 15 is 0 Å². The highest BCUT2D eigenvalue weighted by Gasteiger charge is 2.11. The van der Waals surface area contributed by atoms with Gasteiger partial charge in [0.05, 0.1) is 19.9 Å². The lowest BCUT2D eigenvalue weighted by atomic mass is 10.1. The summed E-state index contributed by atoms with van der Waals surface area (Å²) in [6, 6.07) is 10.5. The molecule has 27 heavy (non-hydrogen) atoms. The van der Waals surface area contributed by atoms with Crippen molar-refractivity contribution in [3.63, 3.8) is 0 Å². The van der Waals surface area contributed by atoms with E-state index in [2.05, 4.69) is 20.6 Å². The molecule has 0 fully saturated rings. The van der Waals surface area contributed by atoms with E-state index in [0.717, 1.165) is 5.69 Å². The van der Waals surface area contributed by atoms with Crippen molar-refractivity contribution >= 4 is 17.8 Å². The van der Waals surface area contributed by atoms with Crippen molar-refractivity contribution in [2.24, 2.45) is 5.10 Å². The first-order valence-corrected chi connectivity index (χ1v) is 8.15. The van der Waals surface area contributed by atoms with Crippen molar-refractivity contribution in [3.05, 3.63) is 53.1 Å². The minimum Gasteiger partial charge on any atom is -0.497 e. The number of ether oxygens (including phenoxy) is 2. The maximum atomic E-state index is 12.4. The number of benzene rings is 2. The monoisotopic (exact) mass is 377 g/mol. The van der Waals surface area contributed by atoms with Crippen molar-refractivity contribution in [3.8, 4) is 11.5 Å². The maximum absolute atomic E-state index is 12.4. The molecule has 0 heterocycles. The standard InChI is InChI=1S/C19H21F2N3O3/c1-12-7-14(8-13(2)18(12)27-19(20)21)10-23-24-17(25)11-22-15-5-4-6-16(9-15)26-3/h4-10,19,22H,11H2,1-3H3,(H,24,25)/b23-10-. The lowest BCUT2D eigenvalue weighted by Crippen LogP contribution is -2.25. The van der Waals surface area contributed by atoms with Gasteiger partial charge in [0.2, 0.25) is 0 Å². The number of rotatable bonds is 8. The average Bonchev–Trinajstić information content (AvgIpc) is 2.63. The molecule has 0 radical (unpaired) electrons. The molecule has 0 aliphatic rings. The second-order valence-corrected chi connectivity index (χ2v) is 5.74. The van der Waals surface area contributed by atoms with E-state index in [4.69, 9.17) is 4.74 Å². The summed E-state index contributed by atoms with van der Waals surface area (Å²) in [7, 11) is 1.57. The Morgan fingerprint density at radius 3 is 2.56 bits per heavy atom. The third-order valence-corrected chi connectivity index (χ3v) is 3.62. The Hall–Kier alpha value is -3.16. The fourth-order valence-electron chi connectivity index (χ4n) is 2.47. The van der Waals surface area contributed by atoms with Crippen LogP contribution in [0.2, 0.25) is 0 Å². The van der Waals surface area contributed by atoms with Crippen LogP contribution in [-0.2, 0) is 4.79 Å². The molecule has 0 atom stereocenters. The zero-order chi connectivity index (χ0) is 19.8.